The molecule has 2 rings (SSSR count). The van der Waals surface area contributed by atoms with Gasteiger partial charge in [-0.05, 0) is 31.0 Å². The van der Waals surface area contributed by atoms with E-state index >= 15 is 0 Å². The molecule has 3 nitrogen and oxygen atoms in total. The Bertz CT molecular complexity index is 491. The van der Waals surface area contributed by atoms with Crippen LogP contribution in [0.15, 0.2) is 35.8 Å². The third kappa shape index (κ3) is 3.96. The fraction of sp³-hybridized carbons (Fsp3) is 0.286. The predicted molar refractivity (Wildman–Crippen MR) is 71.9 cm³/mol. The van der Waals surface area contributed by atoms with Crippen LogP contribution >= 0.6 is 11.3 Å². The summed E-state index contributed by atoms with van der Waals surface area (Å²) in [5, 5.41) is 2.90. The molecule has 0 N–H and O–H groups in total. The van der Waals surface area contributed by atoms with E-state index < -0.39 is 0 Å². The van der Waals surface area contributed by atoms with E-state index in [0.717, 1.165) is 22.7 Å². The molecule has 0 fully saturated rings. The van der Waals surface area contributed by atoms with E-state index in [-0.39, 0.29) is 5.78 Å². The van der Waals surface area contributed by atoms with Gasteiger partial charge in [0.05, 0.1) is 0 Å². The van der Waals surface area contributed by atoms with Crippen molar-refractivity contribution in [3.63, 3.8) is 0 Å². The molecule has 0 amide bonds. The lowest BCUT2D eigenvalue weighted by molar-refractivity contribution is -0.116. The van der Waals surface area contributed by atoms with Crippen molar-refractivity contribution < 1.29 is 9.53 Å². The minimum atomic E-state index is 0.221. The van der Waals surface area contributed by atoms with Crippen LogP contribution in [0.3, 0.4) is 0 Å². The van der Waals surface area contributed by atoms with Gasteiger partial charge in [0.25, 0.3) is 0 Å². The minimum Gasteiger partial charge on any atom is -0.486 e. The Balaban J connectivity index is 1.85. The van der Waals surface area contributed by atoms with E-state index in [1.54, 1.807) is 24.5 Å². The summed E-state index contributed by atoms with van der Waals surface area (Å²) in [5.74, 6) is 1.05. The molecule has 4 heteroatoms. The minimum absolute atomic E-state index is 0.221. The smallest absolute Gasteiger partial charge is 0.140 e. The summed E-state index contributed by atoms with van der Waals surface area (Å²) in [7, 11) is 0. The molecule has 0 saturated heterocycles. The number of carbonyl (C=O) groups is 1. The lowest BCUT2D eigenvalue weighted by atomic mass is 10.1. The molecular weight excluding hydrogens is 246 g/mol. The van der Waals surface area contributed by atoms with Gasteiger partial charge in [0, 0.05) is 18.0 Å². The number of hydrogen-bond donors (Lipinski definition) is 0. The second kappa shape index (κ2) is 6.31. The number of benzene rings is 1. The molecule has 0 unspecified atom stereocenters. The Labute approximate surface area is 110 Å². The number of aryl methyl sites for hydroxylation is 1. The second-order valence-corrected chi connectivity index (χ2v) is 5.04. The van der Waals surface area contributed by atoms with Gasteiger partial charge in [-0.2, -0.15) is 0 Å². The van der Waals surface area contributed by atoms with Crippen molar-refractivity contribution in [3.05, 3.63) is 46.4 Å². The fourth-order valence-corrected chi connectivity index (χ4v) is 2.07. The van der Waals surface area contributed by atoms with Gasteiger partial charge in [-0.1, -0.05) is 12.1 Å². The highest BCUT2D eigenvalue weighted by molar-refractivity contribution is 7.09. The summed E-state index contributed by atoms with van der Waals surface area (Å²) in [4.78, 5) is 15.0. The van der Waals surface area contributed by atoms with Crippen molar-refractivity contribution in [3.8, 4) is 5.75 Å². The summed E-state index contributed by atoms with van der Waals surface area (Å²) in [5.41, 5.74) is 1.16. The highest BCUT2D eigenvalue weighted by atomic mass is 32.1. The van der Waals surface area contributed by atoms with Crippen LogP contribution in [-0.2, 0) is 17.8 Å². The van der Waals surface area contributed by atoms with Crippen LogP contribution in [-0.4, -0.2) is 10.8 Å². The maximum Gasteiger partial charge on any atom is 0.140 e. The molecule has 0 spiro atoms. The standard InChI is InChI=1S/C14H15NO2S/c1-11(16)2-3-12-4-6-13(7-5-12)17-10-14-15-8-9-18-14/h4-9H,2-3,10H2,1H3. The number of thiazole rings is 1. The maximum absolute atomic E-state index is 10.9. The van der Waals surface area contributed by atoms with Gasteiger partial charge < -0.3 is 9.53 Å². The van der Waals surface area contributed by atoms with Gasteiger partial charge in [0.15, 0.2) is 0 Å². The molecule has 0 atom stereocenters. The van der Waals surface area contributed by atoms with Gasteiger partial charge in [-0.3, -0.25) is 0 Å². The summed E-state index contributed by atoms with van der Waals surface area (Å²) in [6.07, 6.45) is 3.16. The summed E-state index contributed by atoms with van der Waals surface area (Å²) < 4.78 is 5.61. The highest BCUT2D eigenvalue weighted by Gasteiger charge is 2.00. The first-order valence-corrected chi connectivity index (χ1v) is 6.71. The fourth-order valence-electron chi connectivity index (χ4n) is 1.54. The van der Waals surface area contributed by atoms with Crippen molar-refractivity contribution in [2.45, 2.75) is 26.4 Å². The molecule has 0 saturated carbocycles. The Morgan fingerprint density at radius 1 is 1.33 bits per heavy atom. The Morgan fingerprint density at radius 3 is 2.72 bits per heavy atom. The number of aromatic nitrogens is 1. The van der Waals surface area contributed by atoms with Gasteiger partial charge in [0.2, 0.25) is 0 Å². The van der Waals surface area contributed by atoms with Crippen molar-refractivity contribution >= 4 is 17.1 Å². The van der Waals surface area contributed by atoms with Gasteiger partial charge in [-0.15, -0.1) is 11.3 Å². The number of nitrogens with zero attached hydrogens (tertiary/aromatic N) is 1. The van der Waals surface area contributed by atoms with Crippen molar-refractivity contribution in [1.82, 2.24) is 4.98 Å². The molecular formula is C14H15NO2S. The second-order valence-electron chi connectivity index (χ2n) is 4.06. The van der Waals surface area contributed by atoms with Crippen LogP contribution in [0.2, 0.25) is 0 Å². The molecule has 1 aromatic carbocycles. The SMILES string of the molecule is CC(=O)CCc1ccc(OCc2nccs2)cc1. The van der Waals surface area contributed by atoms with Gasteiger partial charge >= 0.3 is 0 Å². The number of carbonyl (C=O) groups excluding carboxylic acids is 1. The van der Waals surface area contributed by atoms with Crippen molar-refractivity contribution in [2.24, 2.45) is 0 Å². The van der Waals surface area contributed by atoms with E-state index in [1.165, 1.54) is 0 Å². The lowest BCUT2D eigenvalue weighted by Crippen LogP contribution is -1.96. The van der Waals surface area contributed by atoms with Crippen LogP contribution in [0.4, 0.5) is 0 Å². The number of ether oxygens (including phenoxy) is 1. The Kier molecular flexibility index (Phi) is 4.47. The zero-order valence-electron chi connectivity index (χ0n) is 10.3. The third-order valence-corrected chi connectivity index (χ3v) is 3.29. The normalized spacial score (nSPS) is 10.3. The van der Waals surface area contributed by atoms with Gasteiger partial charge in [0.1, 0.15) is 23.1 Å². The molecule has 0 aliphatic carbocycles. The molecule has 1 heterocycles. The Hall–Kier alpha value is -1.68. The average molecular weight is 261 g/mol. The van der Waals surface area contributed by atoms with Crippen LogP contribution in [0.25, 0.3) is 0 Å². The third-order valence-electron chi connectivity index (χ3n) is 2.53. The topological polar surface area (TPSA) is 39.2 Å². The number of Topliss-reactive ketones (excluding diaryl/α,β-unsaturated/α-hetero) is 1. The first kappa shape index (κ1) is 12.8. The zero-order chi connectivity index (χ0) is 12.8. The maximum atomic E-state index is 10.9. The van der Waals surface area contributed by atoms with E-state index in [4.69, 9.17) is 4.74 Å². The van der Waals surface area contributed by atoms with Crippen molar-refractivity contribution in [2.75, 3.05) is 0 Å². The van der Waals surface area contributed by atoms with Gasteiger partial charge in [-0.25, -0.2) is 4.98 Å². The molecule has 0 radical (unpaired) electrons. The largest absolute Gasteiger partial charge is 0.486 e. The average Bonchev–Trinajstić information content (AvgIpc) is 2.88. The number of hydrogen-bond acceptors (Lipinski definition) is 4. The molecule has 0 aliphatic rings. The first-order chi connectivity index (χ1) is 8.74. The van der Waals surface area contributed by atoms with Crippen molar-refractivity contribution in [1.29, 1.82) is 0 Å². The summed E-state index contributed by atoms with van der Waals surface area (Å²) >= 11 is 1.58. The molecule has 0 bridgehead atoms. The lowest BCUT2D eigenvalue weighted by Gasteiger charge is -2.05. The monoisotopic (exact) mass is 261 g/mol. The number of ketones is 1. The zero-order valence-corrected chi connectivity index (χ0v) is 11.1. The van der Waals surface area contributed by atoms with E-state index in [9.17, 15) is 4.79 Å². The summed E-state index contributed by atoms with van der Waals surface area (Å²) in [6.45, 7) is 2.12. The van der Waals surface area contributed by atoms with E-state index in [2.05, 4.69) is 4.98 Å². The van der Waals surface area contributed by atoms with E-state index in [0.29, 0.717) is 13.0 Å². The highest BCUT2D eigenvalue weighted by Crippen LogP contribution is 2.15. The predicted octanol–water partition coefficient (Wildman–Crippen LogP) is 3.24. The number of rotatable bonds is 6. The van der Waals surface area contributed by atoms with Crippen LogP contribution in [0.1, 0.15) is 23.9 Å². The molecule has 18 heavy (non-hydrogen) atoms. The molecule has 2 aromatic rings. The van der Waals surface area contributed by atoms with Crippen LogP contribution in [0.5, 0.6) is 5.75 Å². The Morgan fingerprint density at radius 2 is 2.11 bits per heavy atom. The van der Waals surface area contributed by atoms with Crippen LogP contribution in [0, 0.1) is 0 Å². The first-order valence-electron chi connectivity index (χ1n) is 5.83. The van der Waals surface area contributed by atoms with Crippen LogP contribution < -0.4 is 4.74 Å². The molecule has 94 valence electrons. The quantitative estimate of drug-likeness (QED) is 0.801. The molecule has 1 aromatic heterocycles. The summed E-state index contributed by atoms with van der Waals surface area (Å²) in [6, 6.07) is 7.87. The molecule has 0 aliphatic heterocycles. The van der Waals surface area contributed by atoms with E-state index in [1.807, 2.05) is 29.6 Å².